The Morgan fingerprint density at radius 3 is 2.26 bits per heavy atom. The van der Waals surface area contributed by atoms with E-state index in [4.69, 9.17) is 9.47 Å². The molecule has 2 unspecified atom stereocenters. The Labute approximate surface area is 180 Å². The second-order valence-electron chi connectivity index (χ2n) is 7.59. The van der Waals surface area contributed by atoms with Crippen molar-refractivity contribution in [2.24, 2.45) is 0 Å². The van der Waals surface area contributed by atoms with E-state index in [0.717, 1.165) is 22.5 Å². The van der Waals surface area contributed by atoms with E-state index in [1.165, 1.54) is 12.1 Å². The standard InChI is InChI=1S/C25H23FN2O3/c1-3-30-21-14-19-20(15-22(21)31-4-2)28-24(29)23(19)25(28,16-8-6-5-7-9-16)27-18-12-10-17(26)11-13-18/h5-15,23,27H,3-4H2,1-2H3. The molecule has 2 aliphatic rings. The first kappa shape index (κ1) is 19.4. The molecule has 2 aliphatic heterocycles. The molecule has 0 radical (unpaired) electrons. The first-order valence-electron chi connectivity index (χ1n) is 10.5. The molecule has 0 aliphatic carbocycles. The lowest BCUT2D eigenvalue weighted by Gasteiger charge is -2.52. The molecule has 0 aromatic heterocycles. The van der Waals surface area contributed by atoms with Crippen LogP contribution in [0.25, 0.3) is 0 Å². The third kappa shape index (κ3) is 2.78. The average Bonchev–Trinajstić information content (AvgIpc) is 3.23. The summed E-state index contributed by atoms with van der Waals surface area (Å²) < 4.78 is 25.1. The number of β-lactam (4-membered cyclic amide) rings is 1. The van der Waals surface area contributed by atoms with Gasteiger partial charge in [0.1, 0.15) is 11.7 Å². The fourth-order valence-corrected chi connectivity index (χ4v) is 4.68. The number of halogens is 1. The van der Waals surface area contributed by atoms with Crippen LogP contribution in [-0.4, -0.2) is 19.1 Å². The van der Waals surface area contributed by atoms with Crippen LogP contribution in [0.2, 0.25) is 0 Å². The molecule has 2 atom stereocenters. The van der Waals surface area contributed by atoms with E-state index in [0.29, 0.717) is 24.7 Å². The van der Waals surface area contributed by atoms with Crippen LogP contribution in [0.3, 0.4) is 0 Å². The van der Waals surface area contributed by atoms with E-state index in [1.807, 2.05) is 56.3 Å². The molecule has 31 heavy (non-hydrogen) atoms. The highest BCUT2D eigenvalue weighted by Gasteiger charge is 2.69. The highest BCUT2D eigenvalue weighted by atomic mass is 19.1. The lowest BCUT2D eigenvalue weighted by atomic mass is 9.76. The Hall–Kier alpha value is -3.54. The molecule has 2 heterocycles. The van der Waals surface area contributed by atoms with Crippen LogP contribution in [0, 0.1) is 5.82 Å². The van der Waals surface area contributed by atoms with Gasteiger partial charge in [0.15, 0.2) is 17.2 Å². The number of benzene rings is 3. The van der Waals surface area contributed by atoms with Gasteiger partial charge in [-0.25, -0.2) is 4.39 Å². The Balaban J connectivity index is 1.66. The summed E-state index contributed by atoms with van der Waals surface area (Å²) >= 11 is 0. The summed E-state index contributed by atoms with van der Waals surface area (Å²) in [7, 11) is 0. The normalized spacial score (nSPS) is 20.8. The van der Waals surface area contributed by atoms with Crippen molar-refractivity contribution in [1.82, 2.24) is 0 Å². The van der Waals surface area contributed by atoms with Gasteiger partial charge in [0, 0.05) is 11.8 Å². The van der Waals surface area contributed by atoms with E-state index in [1.54, 1.807) is 17.0 Å². The number of amides is 1. The molecule has 1 amide bonds. The maximum absolute atomic E-state index is 13.5. The number of nitrogens with zero attached hydrogens (tertiary/aromatic N) is 1. The third-order valence-corrected chi connectivity index (χ3v) is 5.88. The predicted octanol–water partition coefficient (Wildman–Crippen LogP) is 5.03. The van der Waals surface area contributed by atoms with E-state index in [2.05, 4.69) is 5.32 Å². The fraction of sp³-hybridized carbons (Fsp3) is 0.240. The zero-order valence-corrected chi connectivity index (χ0v) is 17.4. The van der Waals surface area contributed by atoms with Gasteiger partial charge >= 0.3 is 0 Å². The van der Waals surface area contributed by atoms with Crippen LogP contribution in [0.1, 0.15) is 30.9 Å². The van der Waals surface area contributed by atoms with Gasteiger partial charge in [-0.1, -0.05) is 30.3 Å². The van der Waals surface area contributed by atoms with Crippen molar-refractivity contribution in [1.29, 1.82) is 0 Å². The largest absolute Gasteiger partial charge is 0.490 e. The molecule has 3 aromatic rings. The topological polar surface area (TPSA) is 50.8 Å². The summed E-state index contributed by atoms with van der Waals surface area (Å²) in [5.74, 6) is 0.535. The van der Waals surface area contributed by atoms with Gasteiger partial charge in [-0.05, 0) is 55.3 Å². The van der Waals surface area contributed by atoms with Crippen molar-refractivity contribution in [3.8, 4) is 11.5 Å². The van der Waals surface area contributed by atoms with Crippen LogP contribution in [-0.2, 0) is 10.5 Å². The molecule has 1 saturated heterocycles. The Bertz CT molecular complexity index is 1090. The van der Waals surface area contributed by atoms with Gasteiger partial charge in [-0.2, -0.15) is 0 Å². The Morgan fingerprint density at radius 2 is 1.61 bits per heavy atom. The van der Waals surface area contributed by atoms with Gasteiger partial charge in [0.05, 0.1) is 18.9 Å². The highest BCUT2D eigenvalue weighted by molar-refractivity contribution is 6.16. The van der Waals surface area contributed by atoms with E-state index < -0.39 is 11.6 Å². The number of anilines is 2. The van der Waals surface area contributed by atoms with Crippen LogP contribution in [0.15, 0.2) is 66.7 Å². The minimum Gasteiger partial charge on any atom is -0.490 e. The van der Waals surface area contributed by atoms with Crippen LogP contribution < -0.4 is 19.7 Å². The summed E-state index contributed by atoms with van der Waals surface area (Å²) in [6.07, 6.45) is 0. The zero-order valence-electron chi connectivity index (χ0n) is 17.4. The fourth-order valence-electron chi connectivity index (χ4n) is 4.68. The maximum atomic E-state index is 13.5. The minimum absolute atomic E-state index is 0.0181. The number of carbonyl (C=O) groups excluding carboxylic acids is 1. The van der Waals surface area contributed by atoms with E-state index in [-0.39, 0.29) is 11.7 Å². The lowest BCUT2D eigenvalue weighted by molar-refractivity contribution is -0.128. The number of hydrogen-bond acceptors (Lipinski definition) is 4. The molecule has 5 nitrogen and oxygen atoms in total. The van der Waals surface area contributed by atoms with Crippen molar-refractivity contribution >= 4 is 17.3 Å². The molecule has 3 aromatic carbocycles. The lowest BCUT2D eigenvalue weighted by Crippen LogP contribution is -2.67. The van der Waals surface area contributed by atoms with Gasteiger partial charge in [-0.15, -0.1) is 0 Å². The quantitative estimate of drug-likeness (QED) is 0.547. The molecule has 0 saturated carbocycles. The van der Waals surface area contributed by atoms with Crippen molar-refractivity contribution < 1.29 is 18.7 Å². The molecule has 2 bridgehead atoms. The number of rotatable bonds is 7. The van der Waals surface area contributed by atoms with Crippen LogP contribution in [0.5, 0.6) is 11.5 Å². The molecule has 158 valence electrons. The van der Waals surface area contributed by atoms with E-state index >= 15 is 0 Å². The first-order valence-corrected chi connectivity index (χ1v) is 10.5. The van der Waals surface area contributed by atoms with Crippen LogP contribution >= 0.6 is 0 Å². The van der Waals surface area contributed by atoms with Crippen molar-refractivity contribution in [3.63, 3.8) is 0 Å². The number of fused-ring (bicyclic) bond motifs is 5. The Kier molecular flexibility index (Phi) is 4.58. The molecule has 1 N–H and O–H groups in total. The predicted molar refractivity (Wildman–Crippen MR) is 117 cm³/mol. The van der Waals surface area contributed by atoms with Gasteiger partial charge in [0.2, 0.25) is 5.91 Å². The summed E-state index contributed by atoms with van der Waals surface area (Å²) in [4.78, 5) is 15.0. The average molecular weight is 418 g/mol. The maximum Gasteiger partial charge on any atom is 0.241 e. The highest BCUT2D eigenvalue weighted by Crippen LogP contribution is 2.63. The zero-order chi connectivity index (χ0) is 21.6. The van der Waals surface area contributed by atoms with Crippen molar-refractivity contribution in [2.75, 3.05) is 23.4 Å². The van der Waals surface area contributed by atoms with E-state index in [9.17, 15) is 9.18 Å². The molecular formula is C25H23FN2O3. The smallest absolute Gasteiger partial charge is 0.241 e. The molecule has 5 rings (SSSR count). The summed E-state index contributed by atoms with van der Waals surface area (Å²) in [5, 5.41) is 3.53. The molecule has 0 spiro atoms. The Morgan fingerprint density at radius 1 is 0.968 bits per heavy atom. The summed E-state index contributed by atoms with van der Waals surface area (Å²) in [6, 6.07) is 19.9. The third-order valence-electron chi connectivity index (χ3n) is 5.88. The molecule has 1 fully saturated rings. The second-order valence-corrected chi connectivity index (χ2v) is 7.59. The minimum atomic E-state index is -0.799. The van der Waals surface area contributed by atoms with Crippen molar-refractivity contribution in [2.45, 2.75) is 25.4 Å². The van der Waals surface area contributed by atoms with Gasteiger partial charge < -0.3 is 14.8 Å². The first-order chi connectivity index (χ1) is 15.1. The van der Waals surface area contributed by atoms with Crippen LogP contribution in [0.4, 0.5) is 15.8 Å². The second kappa shape index (κ2) is 7.30. The van der Waals surface area contributed by atoms with Gasteiger partial charge in [0.25, 0.3) is 0 Å². The number of nitrogens with one attached hydrogen (secondary N) is 1. The summed E-state index contributed by atoms with van der Waals surface area (Å²) in [6.45, 7) is 4.83. The number of hydrogen-bond donors (Lipinski definition) is 1. The number of carbonyl (C=O) groups is 1. The summed E-state index contributed by atoms with van der Waals surface area (Å²) in [5.41, 5.74) is 2.59. The molecule has 6 heteroatoms. The van der Waals surface area contributed by atoms with Gasteiger partial charge in [-0.3, -0.25) is 9.69 Å². The molecular weight excluding hydrogens is 395 g/mol. The van der Waals surface area contributed by atoms with Crippen molar-refractivity contribution in [3.05, 3.63) is 83.7 Å². The SMILES string of the molecule is CCOc1cc2c(cc1OCC)N1C(=O)C2C1(Nc1ccc(F)cc1)c1ccccc1. The monoisotopic (exact) mass is 418 g/mol. The number of ether oxygens (including phenoxy) is 2.